The lowest BCUT2D eigenvalue weighted by atomic mass is 10.0. The van der Waals surface area contributed by atoms with E-state index in [-0.39, 0.29) is 24.1 Å². The first kappa shape index (κ1) is 29.0. The number of fused-ring (bicyclic) bond motifs is 2. The molecule has 7 rings (SSSR count). The summed E-state index contributed by atoms with van der Waals surface area (Å²) >= 11 is 0. The highest BCUT2D eigenvalue weighted by atomic mass is 16.5. The lowest BCUT2D eigenvalue weighted by Gasteiger charge is -2.18. The topological polar surface area (TPSA) is 117 Å². The summed E-state index contributed by atoms with van der Waals surface area (Å²) in [5.41, 5.74) is 8.62. The summed E-state index contributed by atoms with van der Waals surface area (Å²) in [4.78, 5) is 14.3. The monoisotopic (exact) mass is 585 g/mol. The molecule has 4 N–H and O–H groups in total. The third kappa shape index (κ3) is 6.32. The standard InChI is InChI=1S/C36H33N5O2.H2O/c42-23-31(20-25-8-3-1-4-9-25)38-34-33-35(40-36(39-34)43-32-19-18-28-12-7-13-30(28)21-32)41(24-37-33)22-26-14-16-29(17-15-26)27-10-5-2-6-11-27;/h1-6,8-11,14-19,21,24,31,42H,7,12-13,20,22-23H2,(H,38,39,40);1H2/t31-;/m0./s1. The number of anilines is 1. The van der Waals surface area contributed by atoms with Gasteiger partial charge in [-0.25, -0.2) is 4.98 Å². The molecule has 6 aromatic rings. The van der Waals surface area contributed by atoms with Crippen molar-refractivity contribution in [1.29, 1.82) is 0 Å². The average molecular weight is 586 g/mol. The Morgan fingerprint density at radius 3 is 2.30 bits per heavy atom. The second kappa shape index (κ2) is 13.1. The maximum absolute atomic E-state index is 10.3. The fourth-order valence-corrected chi connectivity index (χ4v) is 5.79. The van der Waals surface area contributed by atoms with Crippen molar-refractivity contribution < 1.29 is 15.3 Å². The minimum Gasteiger partial charge on any atom is -0.424 e. The predicted molar refractivity (Wildman–Crippen MR) is 173 cm³/mol. The zero-order valence-electron chi connectivity index (χ0n) is 24.4. The van der Waals surface area contributed by atoms with Gasteiger partial charge in [0.1, 0.15) is 5.75 Å². The normalized spacial score (nSPS) is 12.8. The molecule has 4 aromatic carbocycles. The molecule has 0 radical (unpaired) electrons. The molecule has 1 aliphatic rings. The van der Waals surface area contributed by atoms with Crippen molar-refractivity contribution in [2.45, 2.75) is 38.3 Å². The van der Waals surface area contributed by atoms with E-state index in [0.29, 0.717) is 29.9 Å². The second-order valence-corrected chi connectivity index (χ2v) is 11.1. The summed E-state index contributed by atoms with van der Waals surface area (Å²) in [6.45, 7) is 0.531. The van der Waals surface area contributed by atoms with E-state index in [1.165, 1.54) is 28.7 Å². The number of nitrogens with zero attached hydrogens (tertiary/aromatic N) is 4. The molecule has 0 saturated carbocycles. The molecule has 0 bridgehead atoms. The van der Waals surface area contributed by atoms with Crippen LogP contribution in [0.5, 0.6) is 11.8 Å². The fraction of sp³-hybridized carbons (Fsp3) is 0.194. The van der Waals surface area contributed by atoms with Crippen LogP contribution in [0.3, 0.4) is 0 Å². The Balaban J connectivity index is 0.00000343. The Morgan fingerprint density at radius 2 is 1.52 bits per heavy atom. The molecule has 2 aromatic heterocycles. The van der Waals surface area contributed by atoms with Crippen LogP contribution in [-0.2, 0) is 25.8 Å². The van der Waals surface area contributed by atoms with Crippen molar-refractivity contribution in [2.75, 3.05) is 11.9 Å². The van der Waals surface area contributed by atoms with Crippen LogP contribution in [0.15, 0.2) is 109 Å². The molecule has 8 heteroatoms. The fourth-order valence-electron chi connectivity index (χ4n) is 5.79. The van der Waals surface area contributed by atoms with E-state index in [9.17, 15) is 5.11 Å². The highest BCUT2D eigenvalue weighted by Crippen LogP contribution is 2.30. The van der Waals surface area contributed by atoms with E-state index in [1.807, 2.05) is 34.9 Å². The van der Waals surface area contributed by atoms with E-state index in [2.05, 4.69) is 78.1 Å². The summed E-state index contributed by atoms with van der Waals surface area (Å²) in [5, 5.41) is 13.7. The van der Waals surface area contributed by atoms with Crippen LogP contribution >= 0.6 is 0 Å². The number of nitrogens with one attached hydrogen (secondary N) is 1. The lowest BCUT2D eigenvalue weighted by molar-refractivity contribution is 0.273. The molecule has 2 heterocycles. The van der Waals surface area contributed by atoms with E-state index in [0.717, 1.165) is 29.7 Å². The smallest absolute Gasteiger partial charge is 0.326 e. The third-order valence-electron chi connectivity index (χ3n) is 8.02. The highest BCUT2D eigenvalue weighted by Gasteiger charge is 2.19. The number of rotatable bonds is 10. The van der Waals surface area contributed by atoms with Crippen LogP contribution in [0.1, 0.15) is 28.7 Å². The molecule has 0 amide bonds. The summed E-state index contributed by atoms with van der Waals surface area (Å²) in [6.07, 6.45) is 5.78. The van der Waals surface area contributed by atoms with Gasteiger partial charge in [-0.2, -0.15) is 9.97 Å². The van der Waals surface area contributed by atoms with Gasteiger partial charge in [0.05, 0.1) is 25.5 Å². The molecule has 1 atom stereocenters. The molecule has 0 aliphatic heterocycles. The quantitative estimate of drug-likeness (QED) is 0.203. The van der Waals surface area contributed by atoms with Crippen molar-refractivity contribution in [3.63, 3.8) is 0 Å². The lowest BCUT2D eigenvalue weighted by Crippen LogP contribution is -2.27. The van der Waals surface area contributed by atoms with Gasteiger partial charge in [-0.1, -0.05) is 91.0 Å². The van der Waals surface area contributed by atoms with Crippen LogP contribution in [0, 0.1) is 0 Å². The van der Waals surface area contributed by atoms with E-state index in [1.54, 1.807) is 6.33 Å². The zero-order valence-corrected chi connectivity index (χ0v) is 24.4. The number of hydrogen-bond acceptors (Lipinski definition) is 6. The third-order valence-corrected chi connectivity index (χ3v) is 8.02. The van der Waals surface area contributed by atoms with Gasteiger partial charge in [0.15, 0.2) is 17.0 Å². The molecule has 8 nitrogen and oxygen atoms in total. The van der Waals surface area contributed by atoms with Gasteiger partial charge in [0.25, 0.3) is 0 Å². The molecule has 1 aliphatic carbocycles. The first-order chi connectivity index (χ1) is 21.2. The molecule has 222 valence electrons. The van der Waals surface area contributed by atoms with Crippen LogP contribution in [0.25, 0.3) is 22.3 Å². The molecule has 0 unspecified atom stereocenters. The van der Waals surface area contributed by atoms with E-state index < -0.39 is 0 Å². The summed E-state index contributed by atoms with van der Waals surface area (Å²) in [5.74, 6) is 1.26. The zero-order chi connectivity index (χ0) is 29.0. The number of imidazole rings is 1. The van der Waals surface area contributed by atoms with Gasteiger partial charge >= 0.3 is 6.01 Å². The number of aliphatic hydroxyl groups is 1. The Bertz CT molecular complexity index is 1840. The molecule has 0 saturated heterocycles. The van der Waals surface area contributed by atoms with Gasteiger partial charge in [0.2, 0.25) is 0 Å². The van der Waals surface area contributed by atoms with Crippen LogP contribution in [0.2, 0.25) is 0 Å². The van der Waals surface area contributed by atoms with Gasteiger partial charge in [0, 0.05) is 0 Å². The first-order valence-electron chi connectivity index (χ1n) is 14.8. The van der Waals surface area contributed by atoms with Crippen molar-refractivity contribution in [1.82, 2.24) is 19.5 Å². The van der Waals surface area contributed by atoms with Crippen molar-refractivity contribution in [2.24, 2.45) is 0 Å². The maximum Gasteiger partial charge on any atom is 0.326 e. The van der Waals surface area contributed by atoms with Crippen LogP contribution in [-0.4, -0.2) is 42.8 Å². The minimum atomic E-state index is -0.260. The Morgan fingerprint density at radius 1 is 0.795 bits per heavy atom. The van der Waals surface area contributed by atoms with Gasteiger partial charge < -0.3 is 25.2 Å². The number of ether oxygens (including phenoxy) is 1. The summed E-state index contributed by atoms with van der Waals surface area (Å²) < 4.78 is 8.27. The number of aryl methyl sites for hydroxylation is 2. The maximum atomic E-state index is 10.3. The van der Waals surface area contributed by atoms with E-state index >= 15 is 0 Å². The van der Waals surface area contributed by atoms with Crippen molar-refractivity contribution in [3.05, 3.63) is 132 Å². The highest BCUT2D eigenvalue weighted by molar-refractivity contribution is 5.83. The van der Waals surface area contributed by atoms with Crippen molar-refractivity contribution in [3.8, 4) is 22.9 Å². The van der Waals surface area contributed by atoms with Crippen LogP contribution < -0.4 is 10.1 Å². The summed E-state index contributed by atoms with van der Waals surface area (Å²) in [6, 6.07) is 35.2. The van der Waals surface area contributed by atoms with Crippen molar-refractivity contribution >= 4 is 17.0 Å². The first-order valence-corrected chi connectivity index (χ1v) is 14.8. The van der Waals surface area contributed by atoms with Gasteiger partial charge in [-0.05, 0) is 71.2 Å². The SMILES string of the molecule is O.OC[C@H](Cc1ccccc1)Nc1nc(Oc2ccc3c(c2)CCC3)nc2c1ncn2Cc1ccc(-c2ccccc2)cc1. The van der Waals surface area contributed by atoms with Gasteiger partial charge in [-0.3, -0.25) is 0 Å². The molecular formula is C36H35N5O3. The van der Waals surface area contributed by atoms with E-state index in [4.69, 9.17) is 19.7 Å². The molecule has 44 heavy (non-hydrogen) atoms. The largest absolute Gasteiger partial charge is 0.424 e. The number of aromatic nitrogens is 4. The average Bonchev–Trinajstić information content (AvgIpc) is 3.69. The number of aliphatic hydroxyl groups excluding tert-OH is 1. The summed E-state index contributed by atoms with van der Waals surface area (Å²) in [7, 11) is 0. The van der Waals surface area contributed by atoms with Gasteiger partial charge in [-0.15, -0.1) is 0 Å². The minimum absolute atomic E-state index is 0. The second-order valence-electron chi connectivity index (χ2n) is 11.1. The predicted octanol–water partition coefficient (Wildman–Crippen LogP) is 6.01. The number of benzene rings is 4. The van der Waals surface area contributed by atoms with Crippen LogP contribution in [0.4, 0.5) is 5.82 Å². The molecule has 0 fully saturated rings. The Kier molecular flexibility index (Phi) is 8.63. The Hall–Kier alpha value is -5.05. The Labute approximate surface area is 256 Å². The number of hydrogen-bond donors (Lipinski definition) is 2. The molecule has 0 spiro atoms. The molecular weight excluding hydrogens is 550 g/mol.